The summed E-state index contributed by atoms with van der Waals surface area (Å²) in [6.45, 7) is 6.80. The Labute approximate surface area is 171 Å². The number of likely N-dealkylation sites (tertiary alicyclic amines) is 1. The number of nitrogens with zero attached hydrogens (tertiary/aromatic N) is 3. The summed E-state index contributed by atoms with van der Waals surface area (Å²) in [6.07, 6.45) is 3.42. The van der Waals surface area contributed by atoms with Crippen LogP contribution in [0.3, 0.4) is 0 Å². The van der Waals surface area contributed by atoms with Gasteiger partial charge in [-0.3, -0.25) is 9.79 Å². The van der Waals surface area contributed by atoms with Crippen molar-refractivity contribution < 1.29 is 13.6 Å². The molecule has 2 atom stereocenters. The third-order valence-corrected chi connectivity index (χ3v) is 5.70. The molecule has 0 aliphatic carbocycles. The lowest BCUT2D eigenvalue weighted by atomic mass is 9.95. The maximum absolute atomic E-state index is 13.5. The molecule has 29 heavy (non-hydrogen) atoms. The van der Waals surface area contributed by atoms with Gasteiger partial charge in [0.1, 0.15) is 0 Å². The Morgan fingerprint density at radius 2 is 2.03 bits per heavy atom. The van der Waals surface area contributed by atoms with Crippen LogP contribution >= 0.6 is 0 Å². The van der Waals surface area contributed by atoms with Gasteiger partial charge < -0.3 is 20.9 Å². The number of nitrogens with one attached hydrogen (secondary N) is 1. The molecule has 0 saturated carbocycles. The average molecular weight is 408 g/mol. The van der Waals surface area contributed by atoms with Crippen LogP contribution in [0.25, 0.3) is 0 Å². The third kappa shape index (κ3) is 5.81. The molecule has 0 radical (unpaired) electrons. The highest BCUT2D eigenvalue weighted by Gasteiger charge is 2.26. The largest absolute Gasteiger partial charge is 0.371 e. The van der Waals surface area contributed by atoms with Gasteiger partial charge in [0.25, 0.3) is 0 Å². The van der Waals surface area contributed by atoms with E-state index in [1.807, 2.05) is 6.92 Å². The molecule has 2 saturated heterocycles. The van der Waals surface area contributed by atoms with Crippen molar-refractivity contribution in [2.45, 2.75) is 32.6 Å². The minimum atomic E-state index is -0.819. The molecule has 0 aromatic heterocycles. The second-order valence-corrected chi connectivity index (χ2v) is 8.02. The maximum atomic E-state index is 13.5. The number of guanidine groups is 1. The number of hydrogen-bond donors (Lipinski definition) is 2. The molecule has 1 aromatic carbocycles. The van der Waals surface area contributed by atoms with E-state index in [9.17, 15) is 13.6 Å². The van der Waals surface area contributed by atoms with Crippen LogP contribution in [-0.4, -0.2) is 56.0 Å². The van der Waals surface area contributed by atoms with E-state index in [4.69, 9.17) is 10.7 Å². The number of carbonyl (C=O) groups excluding carboxylic acids is 1. The van der Waals surface area contributed by atoms with E-state index in [-0.39, 0.29) is 11.8 Å². The highest BCUT2D eigenvalue weighted by atomic mass is 19.2. The Hall–Kier alpha value is -2.38. The molecule has 8 heteroatoms. The fourth-order valence-corrected chi connectivity index (χ4v) is 4.25. The number of aliphatic imine (C=N–C) groups is 1. The number of halogens is 2. The van der Waals surface area contributed by atoms with Gasteiger partial charge in [-0.05, 0) is 50.2 Å². The minimum absolute atomic E-state index is 0.248. The van der Waals surface area contributed by atoms with Gasteiger partial charge in [0.15, 0.2) is 17.6 Å². The van der Waals surface area contributed by atoms with Gasteiger partial charge in [0.05, 0.1) is 0 Å². The molecule has 1 aromatic rings. The van der Waals surface area contributed by atoms with Crippen molar-refractivity contribution in [3.8, 4) is 0 Å². The number of anilines is 1. The molecule has 2 heterocycles. The molecule has 160 valence electrons. The molecule has 2 aliphatic rings. The molecule has 3 N–H and O–H groups in total. The molecule has 0 bridgehead atoms. The van der Waals surface area contributed by atoms with Crippen molar-refractivity contribution in [1.82, 2.24) is 10.2 Å². The topological polar surface area (TPSA) is 74.0 Å². The zero-order valence-electron chi connectivity index (χ0n) is 17.0. The van der Waals surface area contributed by atoms with Crippen LogP contribution in [0.2, 0.25) is 0 Å². The van der Waals surface area contributed by atoms with Crippen LogP contribution in [0.4, 0.5) is 14.5 Å². The molecule has 6 nitrogen and oxygen atoms in total. The van der Waals surface area contributed by atoms with E-state index in [0.717, 1.165) is 57.9 Å². The molecular weight excluding hydrogens is 376 g/mol. The second-order valence-electron chi connectivity index (χ2n) is 8.02. The minimum Gasteiger partial charge on any atom is -0.371 e. The van der Waals surface area contributed by atoms with E-state index in [0.29, 0.717) is 24.6 Å². The van der Waals surface area contributed by atoms with Crippen LogP contribution in [0, 0.1) is 23.5 Å². The van der Waals surface area contributed by atoms with Crippen molar-refractivity contribution >= 4 is 17.6 Å². The van der Waals surface area contributed by atoms with E-state index < -0.39 is 11.6 Å². The maximum Gasteiger partial charge on any atom is 0.217 e. The van der Waals surface area contributed by atoms with E-state index in [1.54, 1.807) is 6.07 Å². The number of amides is 1. The van der Waals surface area contributed by atoms with Gasteiger partial charge in [-0.2, -0.15) is 0 Å². The average Bonchev–Trinajstić information content (AvgIpc) is 3.16. The number of primary amides is 1. The normalized spacial score (nSPS) is 22.8. The molecule has 3 rings (SSSR count). The quantitative estimate of drug-likeness (QED) is 0.561. The molecule has 2 aliphatic heterocycles. The standard InChI is InChI=1S/C21H31F2N5O/c1-2-25-21(28-8-3-4-15(13-28)10-20(24)29)26-12-16-7-9-27(14-16)17-5-6-18(22)19(23)11-17/h5-6,11,15-16H,2-4,7-10,12-14H2,1H3,(H2,24,29)(H,25,26). The lowest BCUT2D eigenvalue weighted by Gasteiger charge is -2.34. The van der Waals surface area contributed by atoms with Crippen LogP contribution in [0.5, 0.6) is 0 Å². The first kappa shape index (κ1) is 21.3. The Bertz CT molecular complexity index is 742. The predicted molar refractivity (Wildman–Crippen MR) is 111 cm³/mol. The van der Waals surface area contributed by atoms with Crippen molar-refractivity contribution in [2.24, 2.45) is 22.6 Å². The highest BCUT2D eigenvalue weighted by Crippen LogP contribution is 2.26. The Kier molecular flexibility index (Phi) is 7.28. The van der Waals surface area contributed by atoms with Crippen LogP contribution in [-0.2, 0) is 4.79 Å². The van der Waals surface area contributed by atoms with Gasteiger partial charge in [-0.25, -0.2) is 8.78 Å². The highest BCUT2D eigenvalue weighted by molar-refractivity contribution is 5.80. The molecular formula is C21H31F2N5O. The smallest absolute Gasteiger partial charge is 0.217 e. The number of rotatable bonds is 6. The molecule has 2 fully saturated rings. The van der Waals surface area contributed by atoms with Gasteiger partial charge in [-0.15, -0.1) is 0 Å². The first-order valence-corrected chi connectivity index (χ1v) is 10.5. The summed E-state index contributed by atoms with van der Waals surface area (Å²) < 4.78 is 26.7. The number of piperidine rings is 1. The number of hydrogen-bond acceptors (Lipinski definition) is 3. The fraction of sp³-hybridized carbons (Fsp3) is 0.619. The third-order valence-electron chi connectivity index (χ3n) is 5.70. The summed E-state index contributed by atoms with van der Waals surface area (Å²) in [5.74, 6) is -0.354. The molecule has 1 amide bonds. The van der Waals surface area contributed by atoms with Crippen molar-refractivity contribution in [1.29, 1.82) is 0 Å². The SMILES string of the molecule is CCNC(=NCC1CCN(c2ccc(F)c(F)c2)C1)N1CCCC(CC(N)=O)C1. The Balaban J connectivity index is 1.58. The Morgan fingerprint density at radius 3 is 2.76 bits per heavy atom. The number of carbonyl (C=O) groups is 1. The summed E-state index contributed by atoms with van der Waals surface area (Å²) >= 11 is 0. The zero-order valence-corrected chi connectivity index (χ0v) is 17.0. The molecule has 0 spiro atoms. The van der Waals surface area contributed by atoms with Crippen LogP contribution in [0.15, 0.2) is 23.2 Å². The zero-order chi connectivity index (χ0) is 20.8. The summed E-state index contributed by atoms with van der Waals surface area (Å²) in [4.78, 5) is 20.4. The van der Waals surface area contributed by atoms with E-state index in [2.05, 4.69) is 15.1 Å². The van der Waals surface area contributed by atoms with Crippen molar-refractivity contribution in [3.63, 3.8) is 0 Å². The van der Waals surface area contributed by atoms with Gasteiger partial charge in [0, 0.05) is 57.4 Å². The van der Waals surface area contributed by atoms with Crippen molar-refractivity contribution in [3.05, 3.63) is 29.8 Å². The van der Waals surface area contributed by atoms with E-state index >= 15 is 0 Å². The van der Waals surface area contributed by atoms with Gasteiger partial charge in [0.2, 0.25) is 5.91 Å². The van der Waals surface area contributed by atoms with Crippen LogP contribution in [0.1, 0.15) is 32.6 Å². The summed E-state index contributed by atoms with van der Waals surface area (Å²) in [6, 6.07) is 4.07. The lowest BCUT2D eigenvalue weighted by Crippen LogP contribution is -2.47. The monoisotopic (exact) mass is 407 g/mol. The number of benzene rings is 1. The fourth-order valence-electron chi connectivity index (χ4n) is 4.25. The summed E-state index contributed by atoms with van der Waals surface area (Å²) in [5.41, 5.74) is 6.09. The van der Waals surface area contributed by atoms with Crippen molar-refractivity contribution in [2.75, 3.05) is 44.2 Å². The van der Waals surface area contributed by atoms with Gasteiger partial charge in [-0.1, -0.05) is 0 Å². The first-order chi connectivity index (χ1) is 14.0. The Morgan fingerprint density at radius 1 is 1.21 bits per heavy atom. The summed E-state index contributed by atoms with van der Waals surface area (Å²) in [7, 11) is 0. The number of nitrogens with two attached hydrogens (primary N) is 1. The van der Waals surface area contributed by atoms with Crippen LogP contribution < -0.4 is 16.0 Å². The first-order valence-electron chi connectivity index (χ1n) is 10.5. The van der Waals surface area contributed by atoms with Gasteiger partial charge >= 0.3 is 0 Å². The second kappa shape index (κ2) is 9.89. The molecule has 2 unspecified atom stereocenters. The predicted octanol–water partition coefficient (Wildman–Crippen LogP) is 2.34. The summed E-state index contributed by atoms with van der Waals surface area (Å²) in [5, 5.41) is 3.36. The van der Waals surface area contributed by atoms with E-state index in [1.165, 1.54) is 12.1 Å². The lowest BCUT2D eigenvalue weighted by molar-refractivity contribution is -0.119.